The lowest BCUT2D eigenvalue weighted by molar-refractivity contribution is -0.156. The molecule has 0 aromatic carbocycles. The lowest BCUT2D eigenvalue weighted by Crippen LogP contribution is -2.40. The number of carbonyl (C=O) groups is 2. The van der Waals surface area contributed by atoms with Crippen LogP contribution in [0.1, 0.15) is 108 Å². The molecule has 17 nitrogen and oxygen atoms in total. The fourth-order valence-electron chi connectivity index (χ4n) is 8.13. The second kappa shape index (κ2) is 24.3. The second-order valence-electron chi connectivity index (χ2n) is 17.7. The van der Waals surface area contributed by atoms with Crippen LogP contribution in [-0.4, -0.2) is 108 Å². The molecule has 0 atom stereocenters. The first-order valence-corrected chi connectivity index (χ1v) is 24.4. The highest BCUT2D eigenvalue weighted by molar-refractivity contribution is 7.87. The quantitative estimate of drug-likeness (QED) is 0.0418. The first-order valence-electron chi connectivity index (χ1n) is 23.0. The van der Waals surface area contributed by atoms with Gasteiger partial charge in [-0.25, -0.2) is 27.5 Å². The van der Waals surface area contributed by atoms with Crippen LogP contribution in [0.25, 0.3) is 11.3 Å². The van der Waals surface area contributed by atoms with Crippen LogP contribution >= 0.6 is 0 Å². The van der Waals surface area contributed by atoms with Crippen molar-refractivity contribution in [3.8, 4) is 0 Å². The minimum atomic E-state index is -6.15. The SMILES string of the molecule is O=C(NC1CCC(Nc2cccc3nc(C(F)(F)F)cn23)CC1)c1cn(CC(F)(F)F)nc1C(F)F.O=C(NC1CCC(Nc2cccc3nc(C(F)(F)F)cn23)CC1)c1cn[nH]c1C(F)F.O=S(=O)(OCC(F)(F)F)C(F)(F)F. The molecule has 2 aliphatic rings. The highest BCUT2D eigenvalue weighted by atomic mass is 32.2. The highest BCUT2D eigenvalue weighted by Gasteiger charge is 2.49. The number of hydrogen-bond donors (Lipinski definition) is 5. The number of hydrogen-bond acceptors (Lipinski definition) is 11. The van der Waals surface area contributed by atoms with Crippen LogP contribution in [0.5, 0.6) is 0 Å². The fourth-order valence-corrected chi connectivity index (χ4v) is 8.55. The molecule has 0 radical (unpaired) electrons. The Balaban J connectivity index is 0.000000214. The number of nitrogens with one attached hydrogen (secondary N) is 5. The third-order valence-corrected chi connectivity index (χ3v) is 12.8. The Morgan fingerprint density at radius 3 is 1.44 bits per heavy atom. The van der Waals surface area contributed by atoms with Crippen LogP contribution in [0.3, 0.4) is 0 Å². The number of rotatable bonds is 13. The normalized spacial score (nSPS) is 18.6. The van der Waals surface area contributed by atoms with Crippen LogP contribution in [-0.2, 0) is 33.2 Å². The molecule has 0 spiro atoms. The van der Waals surface area contributed by atoms with Crippen LogP contribution < -0.4 is 21.3 Å². The first kappa shape index (κ1) is 62.1. The zero-order valence-electron chi connectivity index (χ0n) is 40.1. The number of pyridine rings is 2. The summed E-state index contributed by atoms with van der Waals surface area (Å²) < 4.78 is 261. The monoisotopic (exact) mass is 1200 g/mol. The third kappa shape index (κ3) is 16.7. The van der Waals surface area contributed by atoms with Crippen LogP contribution in [0.2, 0.25) is 0 Å². The summed E-state index contributed by atoms with van der Waals surface area (Å²) in [5, 5.41) is 20.6. The van der Waals surface area contributed by atoms with E-state index < -0.39 is 113 Å². The predicted molar refractivity (Wildman–Crippen MR) is 238 cm³/mol. The Morgan fingerprint density at radius 2 is 1.05 bits per heavy atom. The van der Waals surface area contributed by atoms with E-state index in [-0.39, 0.29) is 39.7 Å². The van der Waals surface area contributed by atoms with Gasteiger partial charge in [0.25, 0.3) is 24.7 Å². The van der Waals surface area contributed by atoms with Crippen molar-refractivity contribution in [3.63, 3.8) is 0 Å². The van der Waals surface area contributed by atoms with Gasteiger partial charge in [-0.15, -0.1) is 0 Å². The smallest absolute Gasteiger partial charge is 0.368 e. The molecule has 2 saturated carbocycles. The fraction of sp³-hybridized carbons (Fsp3) is 0.488. The van der Waals surface area contributed by atoms with E-state index in [1.54, 1.807) is 24.3 Å². The summed E-state index contributed by atoms with van der Waals surface area (Å²) in [6.07, 6.45) is -17.1. The van der Waals surface area contributed by atoms with Crippen molar-refractivity contribution in [3.05, 3.63) is 95.1 Å². The molecule has 80 heavy (non-hydrogen) atoms. The maximum Gasteiger partial charge on any atom is 0.523 e. The van der Waals surface area contributed by atoms with E-state index in [2.05, 4.69) is 50.7 Å². The van der Waals surface area contributed by atoms with Crippen molar-refractivity contribution >= 4 is 44.9 Å². The van der Waals surface area contributed by atoms with E-state index in [4.69, 9.17) is 0 Å². The maximum absolute atomic E-state index is 13.2. The molecular formula is C43H41F19N12O5S. The molecule has 0 aliphatic heterocycles. The van der Waals surface area contributed by atoms with Gasteiger partial charge in [0, 0.05) is 42.8 Å². The van der Waals surface area contributed by atoms with Gasteiger partial charge in [0.15, 0.2) is 18.0 Å². The van der Waals surface area contributed by atoms with Crippen LogP contribution in [0, 0.1) is 0 Å². The van der Waals surface area contributed by atoms with Gasteiger partial charge in [0.05, 0.1) is 17.3 Å². The molecule has 2 amide bonds. The van der Waals surface area contributed by atoms with E-state index in [1.807, 2.05) is 0 Å². The van der Waals surface area contributed by atoms with Crippen LogP contribution in [0.15, 0.2) is 61.2 Å². The second-order valence-corrected chi connectivity index (χ2v) is 19.3. The van der Waals surface area contributed by atoms with E-state index >= 15 is 0 Å². The summed E-state index contributed by atoms with van der Waals surface area (Å²) >= 11 is 0. The number of amides is 2. The number of fused-ring (bicyclic) bond motifs is 2. The van der Waals surface area contributed by atoms with E-state index in [0.29, 0.717) is 69.2 Å². The van der Waals surface area contributed by atoms with Gasteiger partial charge in [-0.3, -0.25) is 32.4 Å². The Kier molecular flexibility index (Phi) is 18.9. The average molecular weight is 1200 g/mol. The number of imidazole rings is 2. The van der Waals surface area contributed by atoms with Crippen molar-refractivity contribution in [1.82, 2.24) is 49.4 Å². The number of carbonyl (C=O) groups excluding carboxylic acids is 2. The van der Waals surface area contributed by atoms with E-state index in [1.165, 1.54) is 20.9 Å². The van der Waals surface area contributed by atoms with Gasteiger partial charge >= 0.3 is 40.3 Å². The van der Waals surface area contributed by atoms with Gasteiger partial charge in [0.1, 0.15) is 40.9 Å². The summed E-state index contributed by atoms with van der Waals surface area (Å²) in [6.45, 7) is -4.10. The van der Waals surface area contributed by atoms with Crippen molar-refractivity contribution in [2.45, 2.75) is 125 Å². The summed E-state index contributed by atoms with van der Waals surface area (Å²) in [4.78, 5) is 32.0. The molecule has 0 unspecified atom stereocenters. The summed E-state index contributed by atoms with van der Waals surface area (Å²) in [7, 11) is -6.15. The zero-order valence-corrected chi connectivity index (χ0v) is 40.9. The molecule has 6 aromatic heterocycles. The van der Waals surface area contributed by atoms with Gasteiger partial charge in [-0.1, -0.05) is 12.1 Å². The number of nitrogens with zero attached hydrogens (tertiary/aromatic N) is 7. The largest absolute Gasteiger partial charge is 0.523 e. The Labute approximate surface area is 436 Å². The number of aromatic nitrogens is 8. The van der Waals surface area contributed by atoms with Crippen LogP contribution in [0.4, 0.5) is 95.1 Å². The third-order valence-electron chi connectivity index (χ3n) is 11.8. The van der Waals surface area contributed by atoms with Gasteiger partial charge in [-0.05, 0) is 75.6 Å². The van der Waals surface area contributed by atoms with Gasteiger partial charge < -0.3 is 21.3 Å². The maximum atomic E-state index is 13.2. The molecule has 8 rings (SSSR count). The van der Waals surface area contributed by atoms with Crippen molar-refractivity contribution in [1.29, 1.82) is 0 Å². The van der Waals surface area contributed by atoms with E-state index in [9.17, 15) is 101 Å². The minimum absolute atomic E-state index is 0.0129. The molecule has 2 aliphatic carbocycles. The van der Waals surface area contributed by atoms with Crippen molar-refractivity contribution in [2.75, 3.05) is 17.2 Å². The van der Waals surface area contributed by atoms with Gasteiger partial charge in [0.2, 0.25) is 0 Å². The molecule has 2 fully saturated rings. The Bertz CT molecular complexity index is 3170. The Hall–Kier alpha value is -7.08. The molecule has 6 aromatic rings. The Morgan fingerprint density at radius 1 is 0.613 bits per heavy atom. The molecule has 37 heteroatoms. The molecular weight excluding hydrogens is 1160 g/mol. The predicted octanol–water partition coefficient (Wildman–Crippen LogP) is 10.8. The number of aromatic amines is 1. The minimum Gasteiger partial charge on any atom is -0.368 e. The molecule has 442 valence electrons. The number of anilines is 2. The molecule has 0 saturated heterocycles. The summed E-state index contributed by atoms with van der Waals surface area (Å²) in [5.41, 5.74) is -9.86. The number of H-pyrrole nitrogens is 1. The lowest BCUT2D eigenvalue weighted by atomic mass is 9.91. The van der Waals surface area contributed by atoms with E-state index in [0.717, 1.165) is 18.6 Å². The standard InChI is InChI=1S/C21H20F8N6O.C19H19F5N6O.C3H2F6O3S/c22-18(23)17-13(8-34(33-17)10-20(24,25)26)19(36)31-12-6-4-11(5-7-12)30-15-2-1-3-16-32-14(9-35(15)16)21(27,28)29;20-17(21)16-12(8-25-29-16)18(31)27-11-6-4-10(5-7-11)26-14-2-1-3-15-28-13(9-30(14)15)19(22,23)24;4-2(5,6)1-12-13(10,11)3(7,8)9/h1-3,8-9,11-12,18,30H,4-7,10H2,(H,31,36);1-3,8-11,17,26H,4-7H2,(H,25,29)(H,27,31);1H2. The molecule has 6 heterocycles. The summed E-state index contributed by atoms with van der Waals surface area (Å²) in [6, 6.07) is 8.64. The first-order chi connectivity index (χ1) is 37.0. The zero-order chi connectivity index (χ0) is 59.3. The summed E-state index contributed by atoms with van der Waals surface area (Å²) in [5.74, 6) is -0.657. The van der Waals surface area contributed by atoms with Crippen molar-refractivity contribution in [2.24, 2.45) is 0 Å². The number of alkyl halides is 19. The molecule has 0 bridgehead atoms. The number of halogens is 19. The topological polar surface area (TPSA) is 207 Å². The van der Waals surface area contributed by atoms with Crippen molar-refractivity contribution < 1.29 is 106 Å². The van der Waals surface area contributed by atoms with Gasteiger partial charge in [-0.2, -0.15) is 84.5 Å². The lowest BCUT2D eigenvalue weighted by Gasteiger charge is -2.30. The average Bonchev–Trinajstić information content (AvgIpc) is 4.19. The molecule has 5 N–H and O–H groups in total. The highest BCUT2D eigenvalue weighted by Crippen LogP contribution is 2.34.